The van der Waals surface area contributed by atoms with E-state index in [2.05, 4.69) is 15.9 Å². The zero-order valence-corrected chi connectivity index (χ0v) is 8.35. The Morgan fingerprint density at radius 3 is 2.77 bits per heavy atom. The van der Waals surface area contributed by atoms with Crippen LogP contribution in [0.1, 0.15) is 5.56 Å². The fourth-order valence-electron chi connectivity index (χ4n) is 0.878. The number of anilines is 1. The van der Waals surface area contributed by atoms with Crippen LogP contribution in [0.2, 0.25) is 0 Å². The summed E-state index contributed by atoms with van der Waals surface area (Å²) in [5, 5.41) is 10.4. The Balaban J connectivity index is 3.17. The van der Waals surface area contributed by atoms with Gasteiger partial charge in [-0.1, -0.05) is 6.07 Å². The molecule has 0 fully saturated rings. The van der Waals surface area contributed by atoms with Gasteiger partial charge in [0.1, 0.15) is 5.82 Å². The molecule has 0 saturated carbocycles. The molecule has 0 unspecified atom stereocenters. The van der Waals surface area contributed by atoms with E-state index in [-0.39, 0.29) is 5.69 Å². The molecule has 1 rings (SSSR count). The highest BCUT2D eigenvalue weighted by molar-refractivity contribution is 9.10. The smallest absolute Gasteiger partial charge is 0.409 e. The first-order valence-electron chi connectivity index (χ1n) is 3.47. The molecule has 70 valence electrons. The normalized spacial score (nSPS) is 9.77. The molecular formula is C8H7BrFNO2. The summed E-state index contributed by atoms with van der Waals surface area (Å²) in [6.07, 6.45) is -1.29. The Morgan fingerprint density at radius 1 is 1.62 bits per heavy atom. The maximum atomic E-state index is 13.0. The number of rotatable bonds is 1. The highest BCUT2D eigenvalue weighted by Crippen LogP contribution is 2.28. The number of amides is 1. The van der Waals surface area contributed by atoms with Gasteiger partial charge in [0.15, 0.2) is 0 Å². The Labute approximate surface area is 82.7 Å². The van der Waals surface area contributed by atoms with Crippen molar-refractivity contribution in [3.63, 3.8) is 0 Å². The second kappa shape index (κ2) is 3.74. The zero-order chi connectivity index (χ0) is 10.0. The maximum absolute atomic E-state index is 13.0. The molecule has 0 aliphatic heterocycles. The number of hydrogen-bond donors (Lipinski definition) is 2. The molecule has 2 N–H and O–H groups in total. The quantitative estimate of drug-likeness (QED) is 0.802. The minimum Gasteiger partial charge on any atom is -0.465 e. The Morgan fingerprint density at radius 2 is 2.23 bits per heavy atom. The molecule has 1 amide bonds. The van der Waals surface area contributed by atoms with Gasteiger partial charge in [0, 0.05) is 4.47 Å². The number of halogens is 2. The zero-order valence-electron chi connectivity index (χ0n) is 6.77. The van der Waals surface area contributed by atoms with Crippen LogP contribution in [0, 0.1) is 12.7 Å². The third-order valence-electron chi connectivity index (χ3n) is 1.52. The second-order valence-electron chi connectivity index (χ2n) is 2.48. The van der Waals surface area contributed by atoms with Crippen LogP contribution in [0.25, 0.3) is 0 Å². The van der Waals surface area contributed by atoms with Crippen LogP contribution < -0.4 is 5.32 Å². The van der Waals surface area contributed by atoms with Crippen LogP contribution in [-0.2, 0) is 0 Å². The first kappa shape index (κ1) is 9.98. The third-order valence-corrected chi connectivity index (χ3v) is 2.54. The fraction of sp³-hybridized carbons (Fsp3) is 0.125. The lowest BCUT2D eigenvalue weighted by Gasteiger charge is -2.07. The fourth-order valence-corrected chi connectivity index (χ4v) is 1.30. The summed E-state index contributed by atoms with van der Waals surface area (Å²) < 4.78 is 13.5. The van der Waals surface area contributed by atoms with Gasteiger partial charge in [0.05, 0.1) is 5.69 Å². The van der Waals surface area contributed by atoms with Crippen LogP contribution in [0.5, 0.6) is 0 Å². The van der Waals surface area contributed by atoms with Crippen LogP contribution in [-0.4, -0.2) is 11.2 Å². The largest absolute Gasteiger partial charge is 0.465 e. The molecule has 0 bridgehead atoms. The highest BCUT2D eigenvalue weighted by atomic mass is 79.9. The van der Waals surface area contributed by atoms with Crippen molar-refractivity contribution in [2.75, 3.05) is 5.32 Å². The topological polar surface area (TPSA) is 49.3 Å². The van der Waals surface area contributed by atoms with Crippen molar-refractivity contribution < 1.29 is 14.3 Å². The summed E-state index contributed by atoms with van der Waals surface area (Å²) in [6.45, 7) is 1.75. The van der Waals surface area contributed by atoms with E-state index < -0.39 is 11.9 Å². The Hall–Kier alpha value is -1.10. The number of carbonyl (C=O) groups is 1. The monoisotopic (exact) mass is 247 g/mol. The van der Waals surface area contributed by atoms with Crippen molar-refractivity contribution in [2.45, 2.75) is 6.92 Å². The van der Waals surface area contributed by atoms with Crippen LogP contribution in [0.3, 0.4) is 0 Å². The van der Waals surface area contributed by atoms with E-state index in [1.165, 1.54) is 6.07 Å². The summed E-state index contributed by atoms with van der Waals surface area (Å²) in [5.74, 6) is -0.597. The first-order chi connectivity index (χ1) is 6.02. The van der Waals surface area contributed by atoms with Crippen molar-refractivity contribution in [3.05, 3.63) is 28.0 Å². The minimum atomic E-state index is -1.29. The number of benzene rings is 1. The lowest BCUT2D eigenvalue weighted by atomic mass is 10.2. The molecule has 5 heteroatoms. The second-order valence-corrected chi connectivity index (χ2v) is 3.28. The molecule has 0 saturated heterocycles. The summed E-state index contributed by atoms with van der Waals surface area (Å²) in [5.41, 5.74) is 0.720. The molecule has 13 heavy (non-hydrogen) atoms. The van der Waals surface area contributed by atoms with E-state index in [1.54, 1.807) is 13.0 Å². The molecule has 0 spiro atoms. The average Bonchev–Trinajstić information content (AvgIpc) is 2.05. The molecule has 0 radical (unpaired) electrons. The predicted molar refractivity (Wildman–Crippen MR) is 50.5 cm³/mol. The molecule has 0 aliphatic rings. The average molecular weight is 248 g/mol. The predicted octanol–water partition coefficient (Wildman–Crippen LogP) is 2.99. The van der Waals surface area contributed by atoms with Crippen molar-refractivity contribution in [1.29, 1.82) is 0 Å². The number of nitrogens with one attached hydrogen (secondary N) is 1. The van der Waals surface area contributed by atoms with Gasteiger partial charge in [-0.25, -0.2) is 9.18 Å². The van der Waals surface area contributed by atoms with Crippen LogP contribution >= 0.6 is 15.9 Å². The van der Waals surface area contributed by atoms with Crippen molar-refractivity contribution >= 4 is 27.7 Å². The highest BCUT2D eigenvalue weighted by Gasteiger charge is 2.10. The van der Waals surface area contributed by atoms with E-state index in [4.69, 9.17) is 5.11 Å². The number of aryl methyl sites for hydroxylation is 1. The molecule has 1 aromatic rings. The van der Waals surface area contributed by atoms with E-state index in [1.807, 2.05) is 5.32 Å². The van der Waals surface area contributed by atoms with Gasteiger partial charge in [0.25, 0.3) is 0 Å². The van der Waals surface area contributed by atoms with E-state index >= 15 is 0 Å². The van der Waals surface area contributed by atoms with Crippen molar-refractivity contribution in [1.82, 2.24) is 0 Å². The van der Waals surface area contributed by atoms with Crippen molar-refractivity contribution in [3.8, 4) is 0 Å². The van der Waals surface area contributed by atoms with Gasteiger partial charge < -0.3 is 5.11 Å². The van der Waals surface area contributed by atoms with Gasteiger partial charge in [-0.15, -0.1) is 0 Å². The maximum Gasteiger partial charge on any atom is 0.409 e. The number of hydrogen-bond acceptors (Lipinski definition) is 1. The first-order valence-corrected chi connectivity index (χ1v) is 4.26. The van der Waals surface area contributed by atoms with Gasteiger partial charge in [0.2, 0.25) is 0 Å². The molecular weight excluding hydrogens is 241 g/mol. The summed E-state index contributed by atoms with van der Waals surface area (Å²) in [7, 11) is 0. The van der Waals surface area contributed by atoms with Gasteiger partial charge >= 0.3 is 6.09 Å². The number of carboxylic acid groups (broad SMARTS) is 1. The van der Waals surface area contributed by atoms with Gasteiger partial charge in [-0.3, -0.25) is 5.32 Å². The SMILES string of the molecule is Cc1ccc(F)c(NC(=O)O)c1Br. The van der Waals surface area contributed by atoms with Crippen LogP contribution in [0.4, 0.5) is 14.9 Å². The summed E-state index contributed by atoms with van der Waals surface area (Å²) in [6, 6.07) is 2.78. The van der Waals surface area contributed by atoms with E-state index in [0.717, 1.165) is 5.56 Å². The molecule has 3 nitrogen and oxygen atoms in total. The van der Waals surface area contributed by atoms with Gasteiger partial charge in [-0.2, -0.15) is 0 Å². The standard InChI is InChI=1S/C8H7BrFNO2/c1-4-2-3-5(10)7(6(4)9)11-8(12)13/h2-3,11H,1H3,(H,12,13). The lowest BCUT2D eigenvalue weighted by Crippen LogP contribution is -2.09. The lowest BCUT2D eigenvalue weighted by molar-refractivity contribution is 0.209. The summed E-state index contributed by atoms with van der Waals surface area (Å²) >= 11 is 3.09. The van der Waals surface area contributed by atoms with E-state index in [9.17, 15) is 9.18 Å². The molecule has 0 atom stereocenters. The van der Waals surface area contributed by atoms with Gasteiger partial charge in [-0.05, 0) is 34.5 Å². The molecule has 0 heterocycles. The Kier molecular flexibility index (Phi) is 2.87. The molecule has 0 aliphatic carbocycles. The van der Waals surface area contributed by atoms with E-state index in [0.29, 0.717) is 4.47 Å². The molecule has 1 aromatic carbocycles. The van der Waals surface area contributed by atoms with Crippen LogP contribution in [0.15, 0.2) is 16.6 Å². The summed E-state index contributed by atoms with van der Waals surface area (Å²) in [4.78, 5) is 10.3. The minimum absolute atomic E-state index is 0.0486. The Bertz CT molecular complexity index is 354. The van der Waals surface area contributed by atoms with Crippen molar-refractivity contribution in [2.24, 2.45) is 0 Å². The third kappa shape index (κ3) is 2.18. The molecule has 0 aromatic heterocycles.